The lowest BCUT2D eigenvalue weighted by Crippen LogP contribution is -2.19. The van der Waals surface area contributed by atoms with Gasteiger partial charge in [0.25, 0.3) is 0 Å². The largest absolute Gasteiger partial charge is 0.398 e. The molecular formula is C11H14FNOS. The quantitative estimate of drug-likeness (QED) is 0.805. The predicted octanol–water partition coefficient (Wildman–Crippen LogP) is 2.32. The molecule has 0 bridgehead atoms. The van der Waals surface area contributed by atoms with Crippen molar-refractivity contribution in [2.75, 3.05) is 11.5 Å². The predicted molar refractivity (Wildman–Crippen MR) is 59.4 cm³/mol. The highest BCUT2D eigenvalue weighted by Gasteiger charge is 2.21. The van der Waals surface area contributed by atoms with Gasteiger partial charge in [0.15, 0.2) is 0 Å². The lowest BCUT2D eigenvalue weighted by molar-refractivity contribution is 0.350. The van der Waals surface area contributed by atoms with Crippen molar-refractivity contribution in [3.05, 3.63) is 24.0 Å². The molecule has 1 aromatic rings. The Labute approximate surface area is 91.1 Å². The molecule has 1 atom stereocenters. The van der Waals surface area contributed by atoms with Crippen LogP contribution in [0.3, 0.4) is 0 Å². The van der Waals surface area contributed by atoms with Gasteiger partial charge in [0.2, 0.25) is 0 Å². The zero-order valence-corrected chi connectivity index (χ0v) is 9.23. The summed E-state index contributed by atoms with van der Waals surface area (Å²) in [7, 11) is -1.07. The minimum absolute atomic E-state index is 0.299. The van der Waals surface area contributed by atoms with Gasteiger partial charge < -0.3 is 5.73 Å². The Hall–Kier alpha value is -0.900. The number of nitrogen functional groups attached to an aromatic ring is 1. The maximum Gasteiger partial charge on any atom is 0.125 e. The van der Waals surface area contributed by atoms with Gasteiger partial charge in [0.05, 0.1) is 21.4 Å². The van der Waals surface area contributed by atoms with Crippen LogP contribution in [0.25, 0.3) is 0 Å². The van der Waals surface area contributed by atoms with Gasteiger partial charge in [-0.1, -0.05) is 6.42 Å². The fraction of sp³-hybridized carbons (Fsp3) is 0.455. The first-order chi connectivity index (χ1) is 7.16. The summed E-state index contributed by atoms with van der Waals surface area (Å²) < 4.78 is 24.7. The Morgan fingerprint density at radius 1 is 1.47 bits per heavy atom. The van der Waals surface area contributed by atoms with Gasteiger partial charge >= 0.3 is 0 Å². The first kappa shape index (κ1) is 10.6. The molecule has 2 nitrogen and oxygen atoms in total. The summed E-state index contributed by atoms with van der Waals surface area (Å²) in [5, 5.41) is 0. The highest BCUT2D eigenvalue weighted by atomic mass is 32.2. The van der Waals surface area contributed by atoms with E-state index in [2.05, 4.69) is 0 Å². The summed E-state index contributed by atoms with van der Waals surface area (Å²) in [4.78, 5) is 0.572. The summed E-state index contributed by atoms with van der Waals surface area (Å²) in [6.07, 6.45) is 3.56. The number of nitrogens with two attached hydrogens (primary N) is 1. The second kappa shape index (κ2) is 4.31. The number of anilines is 1. The molecule has 82 valence electrons. The van der Waals surface area contributed by atoms with Gasteiger partial charge in [-0.25, -0.2) is 4.39 Å². The van der Waals surface area contributed by atoms with E-state index in [1.807, 2.05) is 0 Å². The number of hydrogen-bond donors (Lipinski definition) is 1. The monoisotopic (exact) mass is 227 g/mol. The summed E-state index contributed by atoms with van der Waals surface area (Å²) in [6, 6.07) is 4.07. The molecule has 0 amide bonds. The van der Waals surface area contributed by atoms with E-state index in [-0.39, 0.29) is 5.82 Å². The van der Waals surface area contributed by atoms with Crippen molar-refractivity contribution in [2.45, 2.75) is 24.2 Å². The first-order valence-corrected chi connectivity index (χ1v) is 6.42. The van der Waals surface area contributed by atoms with Crippen LogP contribution in [0.5, 0.6) is 0 Å². The topological polar surface area (TPSA) is 43.1 Å². The highest BCUT2D eigenvalue weighted by molar-refractivity contribution is 7.85. The Balaban J connectivity index is 2.10. The van der Waals surface area contributed by atoms with E-state index in [1.54, 1.807) is 0 Å². The second-order valence-electron chi connectivity index (χ2n) is 3.99. The molecule has 1 aliphatic rings. The third kappa shape index (κ3) is 2.37. The molecule has 0 heterocycles. The molecule has 1 aromatic carbocycles. The van der Waals surface area contributed by atoms with Gasteiger partial charge in [0.1, 0.15) is 5.82 Å². The minimum Gasteiger partial charge on any atom is -0.398 e. The maximum atomic E-state index is 12.8. The van der Waals surface area contributed by atoms with E-state index in [9.17, 15) is 8.60 Å². The Kier molecular flexibility index (Phi) is 3.05. The van der Waals surface area contributed by atoms with E-state index in [1.165, 1.54) is 24.6 Å². The highest BCUT2D eigenvalue weighted by Crippen LogP contribution is 2.29. The van der Waals surface area contributed by atoms with Crippen LogP contribution in [0.1, 0.15) is 19.3 Å². The smallest absolute Gasteiger partial charge is 0.125 e. The zero-order valence-electron chi connectivity index (χ0n) is 8.41. The van der Waals surface area contributed by atoms with Crippen molar-refractivity contribution in [3.63, 3.8) is 0 Å². The van der Waals surface area contributed by atoms with E-state index in [4.69, 9.17) is 5.73 Å². The first-order valence-electron chi connectivity index (χ1n) is 5.10. The van der Waals surface area contributed by atoms with E-state index < -0.39 is 10.8 Å². The lowest BCUT2D eigenvalue weighted by Gasteiger charge is -2.24. The maximum absolute atomic E-state index is 12.8. The molecule has 15 heavy (non-hydrogen) atoms. The summed E-state index contributed by atoms with van der Waals surface area (Å²) >= 11 is 0. The van der Waals surface area contributed by atoms with Gasteiger partial charge in [0, 0.05) is 5.75 Å². The molecule has 0 aliphatic heterocycles. The van der Waals surface area contributed by atoms with Crippen molar-refractivity contribution in [3.8, 4) is 0 Å². The van der Waals surface area contributed by atoms with Crippen LogP contribution in [0.2, 0.25) is 0 Å². The average molecular weight is 227 g/mol. The third-order valence-corrected chi connectivity index (χ3v) is 4.47. The second-order valence-corrected chi connectivity index (χ2v) is 5.46. The van der Waals surface area contributed by atoms with Crippen molar-refractivity contribution in [2.24, 2.45) is 5.92 Å². The summed E-state index contributed by atoms with van der Waals surface area (Å²) in [5.74, 6) is 0.850. The molecule has 1 unspecified atom stereocenters. The van der Waals surface area contributed by atoms with Crippen molar-refractivity contribution < 1.29 is 8.60 Å². The SMILES string of the molecule is Nc1cc(F)ccc1S(=O)CC1CCC1. The number of benzene rings is 1. The lowest BCUT2D eigenvalue weighted by atomic mass is 9.87. The number of halogens is 1. The number of hydrogen-bond acceptors (Lipinski definition) is 2. The van der Waals surface area contributed by atoms with Crippen molar-refractivity contribution >= 4 is 16.5 Å². The van der Waals surface area contributed by atoms with E-state index in [0.29, 0.717) is 22.3 Å². The van der Waals surface area contributed by atoms with E-state index >= 15 is 0 Å². The summed E-state index contributed by atoms with van der Waals surface area (Å²) in [5.41, 5.74) is 5.92. The minimum atomic E-state index is -1.07. The van der Waals surface area contributed by atoms with Gasteiger partial charge in [-0.3, -0.25) is 4.21 Å². The van der Waals surface area contributed by atoms with Crippen LogP contribution in [-0.2, 0) is 10.8 Å². The standard InChI is InChI=1S/C11H14FNOS/c12-9-4-5-11(10(13)6-9)15(14)7-8-2-1-3-8/h4-6,8H,1-3,7,13H2. The Bertz CT molecular complexity index is 390. The van der Waals surface area contributed by atoms with E-state index in [0.717, 1.165) is 12.8 Å². The molecule has 1 aliphatic carbocycles. The fourth-order valence-electron chi connectivity index (χ4n) is 1.69. The third-order valence-electron chi connectivity index (χ3n) is 2.83. The Morgan fingerprint density at radius 3 is 2.73 bits per heavy atom. The van der Waals surface area contributed by atoms with Crippen molar-refractivity contribution in [1.29, 1.82) is 0 Å². The molecule has 2 rings (SSSR count). The van der Waals surface area contributed by atoms with Gasteiger partial charge in [-0.05, 0) is 37.0 Å². The van der Waals surface area contributed by atoms with Crippen LogP contribution >= 0.6 is 0 Å². The van der Waals surface area contributed by atoms with Gasteiger partial charge in [-0.15, -0.1) is 0 Å². The Morgan fingerprint density at radius 2 is 2.20 bits per heavy atom. The molecule has 1 fully saturated rings. The van der Waals surface area contributed by atoms with Crippen LogP contribution in [0, 0.1) is 11.7 Å². The molecule has 2 N–H and O–H groups in total. The van der Waals surface area contributed by atoms with Crippen molar-refractivity contribution in [1.82, 2.24) is 0 Å². The van der Waals surface area contributed by atoms with Crippen LogP contribution < -0.4 is 5.73 Å². The molecule has 1 saturated carbocycles. The van der Waals surface area contributed by atoms with Crippen LogP contribution in [-0.4, -0.2) is 9.96 Å². The molecule has 0 spiro atoms. The van der Waals surface area contributed by atoms with Crippen LogP contribution in [0.4, 0.5) is 10.1 Å². The van der Waals surface area contributed by atoms with Crippen LogP contribution in [0.15, 0.2) is 23.1 Å². The molecule has 4 heteroatoms. The summed E-state index contributed by atoms with van der Waals surface area (Å²) in [6.45, 7) is 0. The zero-order chi connectivity index (χ0) is 10.8. The molecule has 0 radical (unpaired) electrons. The average Bonchev–Trinajstić information content (AvgIpc) is 2.11. The molecule has 0 aromatic heterocycles. The van der Waals surface area contributed by atoms with Gasteiger partial charge in [-0.2, -0.15) is 0 Å². The molecule has 0 saturated heterocycles. The fourth-order valence-corrected chi connectivity index (χ4v) is 3.17. The molecular weight excluding hydrogens is 213 g/mol. The normalized spacial score (nSPS) is 18.5. The number of rotatable bonds is 3.